The lowest BCUT2D eigenvalue weighted by atomic mass is 10.2. The summed E-state index contributed by atoms with van der Waals surface area (Å²) in [6, 6.07) is 12.0. The quantitative estimate of drug-likeness (QED) is 0.624. The Balaban J connectivity index is 0.00000280. The minimum Gasteiger partial charge on any atom is -0.359 e. The number of rotatable bonds is 8. The van der Waals surface area contributed by atoms with Crippen molar-refractivity contribution in [2.75, 3.05) is 13.6 Å². The number of nitrogens with one attached hydrogen (secondary N) is 1. The third-order valence-corrected chi connectivity index (χ3v) is 4.25. The fourth-order valence-electron chi connectivity index (χ4n) is 2.81. The van der Waals surface area contributed by atoms with Crippen LogP contribution in [-0.4, -0.2) is 39.3 Å². The number of nitrogens with zero attached hydrogens (tertiary/aromatic N) is 4. The minimum absolute atomic E-state index is 0. The Morgan fingerprint density at radius 1 is 1.29 bits per heavy atom. The van der Waals surface area contributed by atoms with Crippen LogP contribution >= 0.6 is 12.4 Å². The molecule has 0 saturated heterocycles. The maximum Gasteiger partial charge on any atom is 0.273 e. The summed E-state index contributed by atoms with van der Waals surface area (Å²) in [6.07, 6.45) is 3.75. The number of carbonyl (C=O) groups is 1. The van der Waals surface area contributed by atoms with E-state index in [2.05, 4.69) is 32.6 Å². The molecule has 7 nitrogen and oxygen atoms in total. The number of halogens is 1. The lowest BCUT2D eigenvalue weighted by Gasteiger charge is -2.14. The van der Waals surface area contributed by atoms with E-state index in [-0.39, 0.29) is 24.4 Å². The molecule has 1 unspecified atom stereocenters. The van der Waals surface area contributed by atoms with Gasteiger partial charge in [0.25, 0.3) is 5.91 Å². The average molecular weight is 404 g/mol. The van der Waals surface area contributed by atoms with Gasteiger partial charge in [0.05, 0.1) is 18.8 Å². The first-order chi connectivity index (χ1) is 13.0. The van der Waals surface area contributed by atoms with Crippen molar-refractivity contribution in [3.05, 3.63) is 71.4 Å². The van der Waals surface area contributed by atoms with E-state index in [1.54, 1.807) is 12.3 Å². The normalized spacial score (nSPS) is 11.9. The average Bonchev–Trinajstić information content (AvgIpc) is 3.29. The van der Waals surface area contributed by atoms with Crippen molar-refractivity contribution in [3.63, 3.8) is 0 Å². The van der Waals surface area contributed by atoms with Gasteiger partial charge in [0.1, 0.15) is 0 Å². The summed E-state index contributed by atoms with van der Waals surface area (Å²) >= 11 is 0. The van der Waals surface area contributed by atoms with Crippen molar-refractivity contribution in [1.29, 1.82) is 0 Å². The van der Waals surface area contributed by atoms with Gasteiger partial charge in [-0.25, -0.2) is 0 Å². The zero-order valence-electron chi connectivity index (χ0n) is 16.3. The van der Waals surface area contributed by atoms with Crippen LogP contribution in [0.25, 0.3) is 0 Å². The zero-order chi connectivity index (χ0) is 19.2. The summed E-state index contributed by atoms with van der Waals surface area (Å²) in [5, 5.41) is 11.0. The summed E-state index contributed by atoms with van der Waals surface area (Å²) in [5.74, 6) is 0.417. The number of carbonyl (C=O) groups excluding carboxylic acids is 1. The van der Waals surface area contributed by atoms with Gasteiger partial charge in [-0.3, -0.25) is 14.4 Å². The molecule has 150 valence electrons. The van der Waals surface area contributed by atoms with Crippen LogP contribution in [0.1, 0.15) is 40.3 Å². The Bertz CT molecular complexity index is 878. The lowest BCUT2D eigenvalue weighted by Crippen LogP contribution is -2.30. The monoisotopic (exact) mass is 403 g/mol. The van der Waals surface area contributed by atoms with E-state index >= 15 is 0 Å². The van der Waals surface area contributed by atoms with Crippen molar-refractivity contribution in [2.45, 2.75) is 33.0 Å². The maximum absolute atomic E-state index is 12.3. The number of benzene rings is 1. The molecule has 1 atom stereocenters. The van der Waals surface area contributed by atoms with E-state index in [1.807, 2.05) is 50.0 Å². The molecule has 0 saturated carbocycles. The second-order valence-corrected chi connectivity index (χ2v) is 6.89. The van der Waals surface area contributed by atoms with Crippen LogP contribution in [0, 0.1) is 6.92 Å². The highest BCUT2D eigenvalue weighted by atomic mass is 35.5. The van der Waals surface area contributed by atoms with Gasteiger partial charge in [-0.05, 0) is 32.0 Å². The molecule has 0 aliphatic rings. The van der Waals surface area contributed by atoms with Crippen LogP contribution in [0.2, 0.25) is 0 Å². The number of aromatic nitrogens is 3. The third kappa shape index (κ3) is 5.94. The molecule has 8 heteroatoms. The van der Waals surface area contributed by atoms with Crippen molar-refractivity contribution in [3.8, 4) is 0 Å². The molecular weight excluding hydrogens is 378 g/mol. The topological polar surface area (TPSA) is 76.2 Å². The van der Waals surface area contributed by atoms with Crippen LogP contribution in [0.5, 0.6) is 0 Å². The highest BCUT2D eigenvalue weighted by molar-refractivity contribution is 5.92. The second kappa shape index (κ2) is 10.1. The van der Waals surface area contributed by atoms with Gasteiger partial charge >= 0.3 is 0 Å². The van der Waals surface area contributed by atoms with Crippen LogP contribution in [-0.2, 0) is 13.1 Å². The van der Waals surface area contributed by atoms with Crippen molar-refractivity contribution >= 4 is 18.3 Å². The number of hydrogen-bond donors (Lipinski definition) is 1. The summed E-state index contributed by atoms with van der Waals surface area (Å²) in [5.41, 5.74) is 2.61. The standard InChI is InChI=1S/C20H25N5O2.ClH/c1-15-10-22-25(12-15)16(2)11-21-20(26)19-9-18(27-23-19)14-24(3)13-17-7-5-4-6-8-17;/h4-10,12,16H,11,13-14H2,1-3H3,(H,21,26);1H. The Kier molecular flexibility index (Phi) is 7.78. The minimum atomic E-state index is -0.244. The molecule has 0 aliphatic heterocycles. The maximum atomic E-state index is 12.3. The molecule has 0 bridgehead atoms. The SMILES string of the molecule is Cc1cnn(C(C)CNC(=O)c2cc(CN(C)Cc3ccccc3)on2)c1.Cl. The highest BCUT2D eigenvalue weighted by Gasteiger charge is 2.15. The van der Waals surface area contributed by atoms with Crippen LogP contribution in [0.4, 0.5) is 0 Å². The predicted molar refractivity (Wildman–Crippen MR) is 109 cm³/mol. The summed E-state index contributed by atoms with van der Waals surface area (Å²) in [7, 11) is 2.00. The van der Waals surface area contributed by atoms with Gasteiger partial charge in [-0.15, -0.1) is 12.4 Å². The van der Waals surface area contributed by atoms with E-state index in [1.165, 1.54) is 5.56 Å². The van der Waals surface area contributed by atoms with Crippen molar-refractivity contribution < 1.29 is 9.32 Å². The number of amides is 1. The Labute approximate surface area is 171 Å². The van der Waals surface area contributed by atoms with E-state index in [4.69, 9.17) is 4.52 Å². The van der Waals surface area contributed by atoms with Gasteiger partial charge in [0.15, 0.2) is 11.5 Å². The summed E-state index contributed by atoms with van der Waals surface area (Å²) in [6.45, 7) is 5.83. The van der Waals surface area contributed by atoms with Crippen molar-refractivity contribution in [1.82, 2.24) is 25.2 Å². The first-order valence-corrected chi connectivity index (χ1v) is 8.98. The second-order valence-electron chi connectivity index (χ2n) is 6.89. The molecule has 0 fully saturated rings. The molecule has 0 radical (unpaired) electrons. The molecule has 0 spiro atoms. The largest absolute Gasteiger partial charge is 0.359 e. The molecule has 28 heavy (non-hydrogen) atoms. The lowest BCUT2D eigenvalue weighted by molar-refractivity contribution is 0.0938. The smallest absolute Gasteiger partial charge is 0.273 e. The molecule has 3 aromatic rings. The van der Waals surface area contributed by atoms with Gasteiger partial charge in [-0.1, -0.05) is 35.5 Å². The van der Waals surface area contributed by atoms with Gasteiger partial charge in [0, 0.05) is 25.4 Å². The number of hydrogen-bond acceptors (Lipinski definition) is 5. The van der Waals surface area contributed by atoms with Crippen LogP contribution in [0.3, 0.4) is 0 Å². The zero-order valence-corrected chi connectivity index (χ0v) is 17.1. The van der Waals surface area contributed by atoms with Crippen LogP contribution in [0.15, 0.2) is 53.3 Å². The fourth-order valence-corrected chi connectivity index (χ4v) is 2.81. The van der Waals surface area contributed by atoms with E-state index in [0.29, 0.717) is 24.5 Å². The summed E-state index contributed by atoms with van der Waals surface area (Å²) in [4.78, 5) is 14.4. The van der Waals surface area contributed by atoms with Gasteiger partial charge < -0.3 is 9.84 Å². The fraction of sp³-hybridized carbons (Fsp3) is 0.350. The Morgan fingerprint density at radius 3 is 2.71 bits per heavy atom. The van der Waals surface area contributed by atoms with E-state index in [0.717, 1.165) is 12.1 Å². The molecule has 1 N–H and O–H groups in total. The first-order valence-electron chi connectivity index (χ1n) is 8.98. The Hall–Kier alpha value is -2.64. The number of aryl methyl sites for hydroxylation is 1. The molecular formula is C20H26ClN5O2. The molecule has 3 rings (SSSR count). The van der Waals surface area contributed by atoms with Gasteiger partial charge in [-0.2, -0.15) is 5.10 Å². The molecule has 1 aromatic carbocycles. The molecule has 2 heterocycles. The predicted octanol–water partition coefficient (Wildman–Crippen LogP) is 3.22. The summed E-state index contributed by atoms with van der Waals surface area (Å²) < 4.78 is 7.15. The van der Waals surface area contributed by atoms with E-state index in [9.17, 15) is 4.79 Å². The molecule has 1 amide bonds. The van der Waals surface area contributed by atoms with Gasteiger partial charge in [0.2, 0.25) is 0 Å². The highest BCUT2D eigenvalue weighted by Crippen LogP contribution is 2.10. The first kappa shape index (κ1) is 21.7. The van der Waals surface area contributed by atoms with Crippen molar-refractivity contribution in [2.24, 2.45) is 0 Å². The third-order valence-electron chi connectivity index (χ3n) is 4.25. The Morgan fingerprint density at radius 2 is 2.04 bits per heavy atom. The van der Waals surface area contributed by atoms with Crippen LogP contribution < -0.4 is 5.32 Å². The molecule has 0 aliphatic carbocycles. The molecule has 2 aromatic heterocycles. The van der Waals surface area contributed by atoms with E-state index < -0.39 is 0 Å².